The summed E-state index contributed by atoms with van der Waals surface area (Å²) in [5.41, 5.74) is -4.77. The third kappa shape index (κ3) is 4.18. The topological polar surface area (TPSA) is 103 Å². The van der Waals surface area contributed by atoms with E-state index in [0.29, 0.717) is 23.5 Å². The fraction of sp³-hybridized carbons (Fsp3) is 0.278. The smallest absolute Gasteiger partial charge is 0.416 e. The Morgan fingerprint density at radius 1 is 1.00 bits per heavy atom. The zero-order valence-corrected chi connectivity index (χ0v) is 25.9. The van der Waals surface area contributed by atoms with Crippen LogP contribution in [0.3, 0.4) is 0 Å². The van der Waals surface area contributed by atoms with Crippen LogP contribution in [0.2, 0.25) is 0 Å². The monoisotopic (exact) mass is 644 g/mol. The first-order valence-corrected chi connectivity index (χ1v) is 14.9. The molecule has 4 aromatic rings. The fourth-order valence-corrected chi connectivity index (χ4v) is 7.51. The van der Waals surface area contributed by atoms with Crippen molar-refractivity contribution >= 4 is 0 Å². The molecule has 1 aliphatic heterocycles. The highest BCUT2D eigenvalue weighted by atomic mass is 19.4. The number of hydrogen-bond donors (Lipinski definition) is 2. The number of nitrogens with one attached hydrogen (secondary N) is 1. The van der Waals surface area contributed by atoms with Gasteiger partial charge in [-0.1, -0.05) is 55.5 Å². The van der Waals surface area contributed by atoms with Crippen LogP contribution >= 0.6 is 0 Å². The summed E-state index contributed by atoms with van der Waals surface area (Å²) in [6, 6.07) is 16.9. The molecule has 4 atom stereocenters. The lowest BCUT2D eigenvalue weighted by atomic mass is 9.57. The number of methoxy groups -OCH3 is 3. The molecule has 0 saturated carbocycles. The van der Waals surface area contributed by atoms with Crippen LogP contribution < -0.4 is 19.8 Å². The molecule has 1 unspecified atom stereocenters. The first kappa shape index (κ1) is 30.6. The molecule has 0 radical (unpaired) electrons. The Morgan fingerprint density at radius 2 is 1.72 bits per heavy atom. The molecule has 3 aromatic carbocycles. The maximum absolute atomic E-state index is 14.3. The summed E-state index contributed by atoms with van der Waals surface area (Å²) < 4.78 is 64.1. The Morgan fingerprint density at radius 3 is 2.32 bits per heavy atom. The van der Waals surface area contributed by atoms with E-state index in [2.05, 4.69) is 4.98 Å². The quantitative estimate of drug-likeness (QED) is 0.248. The number of allylic oxidation sites excluding steroid dienone is 2. The van der Waals surface area contributed by atoms with Gasteiger partial charge in [-0.15, -0.1) is 0 Å². The van der Waals surface area contributed by atoms with Crippen molar-refractivity contribution in [3.05, 3.63) is 129 Å². The van der Waals surface area contributed by atoms with Crippen molar-refractivity contribution in [2.45, 2.75) is 36.6 Å². The minimum atomic E-state index is -4.54. The molecule has 2 N–H and O–H groups in total. The Balaban J connectivity index is 1.58. The second-order valence-electron chi connectivity index (χ2n) is 12.1. The number of nitrogens with zero attached hydrogens (tertiary/aromatic N) is 1. The van der Waals surface area contributed by atoms with Gasteiger partial charge in [0.05, 0.1) is 49.6 Å². The van der Waals surface area contributed by atoms with Gasteiger partial charge in [0.15, 0.2) is 11.2 Å². The first-order valence-electron chi connectivity index (χ1n) is 14.9. The van der Waals surface area contributed by atoms with Crippen LogP contribution in [0.4, 0.5) is 13.2 Å². The molecule has 8 nitrogen and oxygen atoms in total. The molecule has 7 rings (SSSR count). The average Bonchev–Trinajstić information content (AvgIpc) is 3.48. The van der Waals surface area contributed by atoms with E-state index in [-0.39, 0.29) is 39.7 Å². The van der Waals surface area contributed by atoms with Crippen LogP contribution in [0.15, 0.2) is 95.5 Å². The van der Waals surface area contributed by atoms with Crippen LogP contribution in [0, 0.1) is 5.41 Å². The molecule has 1 aromatic heterocycles. The van der Waals surface area contributed by atoms with Crippen LogP contribution in [0.1, 0.15) is 47.2 Å². The summed E-state index contributed by atoms with van der Waals surface area (Å²) in [5.74, 6) is 0.695. The maximum atomic E-state index is 14.3. The van der Waals surface area contributed by atoms with Gasteiger partial charge < -0.3 is 29.0 Å². The van der Waals surface area contributed by atoms with Crippen LogP contribution in [-0.2, 0) is 16.5 Å². The molecular formula is C36H31F3N2O6. The molecule has 242 valence electrons. The summed E-state index contributed by atoms with van der Waals surface area (Å²) in [5, 5.41) is 13.6. The predicted octanol–water partition coefficient (Wildman–Crippen LogP) is 6.48. The first-order chi connectivity index (χ1) is 22.4. The molecule has 2 heterocycles. The number of aromatic amines is 1. The van der Waals surface area contributed by atoms with Crippen molar-refractivity contribution < 1.29 is 37.2 Å². The van der Waals surface area contributed by atoms with Crippen molar-refractivity contribution in [1.82, 2.24) is 9.97 Å². The number of aromatic nitrogens is 2. The average molecular weight is 645 g/mol. The van der Waals surface area contributed by atoms with Gasteiger partial charge in [-0.2, -0.15) is 13.2 Å². The number of fused-ring (bicyclic) bond motifs is 5. The Kier molecular flexibility index (Phi) is 6.84. The van der Waals surface area contributed by atoms with Gasteiger partial charge in [-0.05, 0) is 36.3 Å². The molecule has 0 saturated heterocycles. The van der Waals surface area contributed by atoms with Crippen molar-refractivity contribution in [3.8, 4) is 28.6 Å². The normalized spacial score (nSPS) is 25.7. The Labute approximate surface area is 268 Å². The molecule has 11 heteroatoms. The summed E-state index contributed by atoms with van der Waals surface area (Å²) in [6.45, 7) is 1.94. The van der Waals surface area contributed by atoms with Gasteiger partial charge in [0, 0.05) is 23.1 Å². The van der Waals surface area contributed by atoms with E-state index in [1.54, 1.807) is 25.3 Å². The summed E-state index contributed by atoms with van der Waals surface area (Å²) >= 11 is 0. The predicted molar refractivity (Wildman–Crippen MR) is 166 cm³/mol. The molecule has 2 aliphatic carbocycles. The highest BCUT2D eigenvalue weighted by Gasteiger charge is 2.78. The number of aliphatic hydroxyl groups is 1. The van der Waals surface area contributed by atoms with Crippen LogP contribution in [0.25, 0.3) is 11.4 Å². The molecule has 0 amide bonds. The molecular weight excluding hydrogens is 613 g/mol. The Bertz CT molecular complexity index is 2010. The number of halogens is 3. The van der Waals surface area contributed by atoms with Gasteiger partial charge in [-0.3, -0.25) is 4.79 Å². The maximum Gasteiger partial charge on any atom is 0.416 e. The van der Waals surface area contributed by atoms with E-state index in [4.69, 9.17) is 23.9 Å². The molecule has 0 spiro atoms. The fourth-order valence-electron chi connectivity index (χ4n) is 7.51. The third-order valence-corrected chi connectivity index (χ3v) is 9.70. The highest BCUT2D eigenvalue weighted by Crippen LogP contribution is 2.71. The number of ether oxygens (including phenoxy) is 4. The van der Waals surface area contributed by atoms with Crippen molar-refractivity contribution in [2.75, 3.05) is 21.3 Å². The number of rotatable bonds is 6. The lowest BCUT2D eigenvalue weighted by Gasteiger charge is -2.51. The minimum Gasteiger partial charge on any atom is -0.497 e. The standard InChI is InChI=1S/C36H31F3N2O6/c1-33(16-14-23(44-2)15-17-33)35-28(20-8-6-5-7-9-20)27-30(34(35,43)29-25(46-4)18-24(45-3)19-26(29)47-35)40-31(41-32(27)42)21-10-12-22(13-11-21)36(37,38)39/h5-16,18-19,28,43H,17H2,1-4H3,(H,40,41,42)/t28-,33?,34+,35-/m1/s1. The third-order valence-electron chi connectivity index (χ3n) is 9.70. The Hall–Kier alpha value is -5.03. The SMILES string of the molecule is COC1=CCC(C)([C@@]23Oc4cc(OC)cc(OC)c4[C@]2(O)c2nc(-c4ccc(C(F)(F)F)cc4)[nH]c(=O)c2[C@H]3c2ccccc2)C=C1. The number of H-pyrrole nitrogens is 1. The number of alkyl halides is 3. The minimum absolute atomic E-state index is 0.00894. The van der Waals surface area contributed by atoms with Crippen molar-refractivity contribution in [3.63, 3.8) is 0 Å². The largest absolute Gasteiger partial charge is 0.497 e. The van der Waals surface area contributed by atoms with Crippen LogP contribution in [0.5, 0.6) is 17.2 Å². The number of benzene rings is 3. The number of hydrogen-bond acceptors (Lipinski definition) is 7. The second-order valence-corrected chi connectivity index (χ2v) is 12.1. The van der Waals surface area contributed by atoms with Crippen LogP contribution in [-0.4, -0.2) is 42.0 Å². The zero-order valence-electron chi connectivity index (χ0n) is 25.9. The molecule has 0 bridgehead atoms. The second kappa shape index (κ2) is 10.5. The van der Waals surface area contributed by atoms with Gasteiger partial charge in [0.25, 0.3) is 5.56 Å². The summed E-state index contributed by atoms with van der Waals surface area (Å²) in [7, 11) is 4.53. The van der Waals surface area contributed by atoms with E-state index in [1.807, 2.05) is 49.4 Å². The zero-order chi connectivity index (χ0) is 33.4. The lowest BCUT2D eigenvalue weighted by molar-refractivity contribution is -0.142. The van der Waals surface area contributed by atoms with E-state index in [1.165, 1.54) is 26.4 Å². The summed E-state index contributed by atoms with van der Waals surface area (Å²) in [6.07, 6.45) is 1.43. The summed E-state index contributed by atoms with van der Waals surface area (Å²) in [4.78, 5) is 22.0. The lowest BCUT2D eigenvalue weighted by Crippen LogP contribution is -2.62. The highest BCUT2D eigenvalue weighted by molar-refractivity contribution is 5.69. The molecule has 0 fully saturated rings. The van der Waals surface area contributed by atoms with Crippen molar-refractivity contribution in [1.29, 1.82) is 0 Å². The molecule has 3 aliphatic rings. The van der Waals surface area contributed by atoms with E-state index in [9.17, 15) is 23.1 Å². The van der Waals surface area contributed by atoms with E-state index >= 15 is 0 Å². The van der Waals surface area contributed by atoms with Gasteiger partial charge >= 0.3 is 6.18 Å². The van der Waals surface area contributed by atoms with Crippen molar-refractivity contribution in [2.24, 2.45) is 5.41 Å². The molecule has 47 heavy (non-hydrogen) atoms. The van der Waals surface area contributed by atoms with E-state index in [0.717, 1.165) is 12.1 Å². The van der Waals surface area contributed by atoms with Gasteiger partial charge in [0.1, 0.15) is 28.8 Å². The van der Waals surface area contributed by atoms with E-state index < -0.39 is 39.8 Å². The van der Waals surface area contributed by atoms with Gasteiger partial charge in [-0.25, -0.2) is 4.98 Å². The van der Waals surface area contributed by atoms with Gasteiger partial charge in [0.2, 0.25) is 0 Å².